The van der Waals surface area contributed by atoms with E-state index >= 15 is 0 Å². The summed E-state index contributed by atoms with van der Waals surface area (Å²) in [5.74, 6) is -5.53. The molecule has 42 heavy (non-hydrogen) atoms. The van der Waals surface area contributed by atoms with E-state index in [4.69, 9.17) is 18.9 Å². The van der Waals surface area contributed by atoms with E-state index in [9.17, 15) is 39.9 Å². The van der Waals surface area contributed by atoms with Crippen LogP contribution in [0.1, 0.15) is 41.2 Å². The smallest absolute Gasteiger partial charge is 0.347 e. The first-order chi connectivity index (χ1) is 20.0. The monoisotopic (exact) mass is 580 g/mol. The highest BCUT2D eigenvalue weighted by molar-refractivity contribution is 5.91. The molecule has 0 fully saturated rings. The van der Waals surface area contributed by atoms with Crippen LogP contribution in [-0.2, 0) is 35.0 Å². The molecular weight excluding hydrogens is 552 g/mol. The van der Waals surface area contributed by atoms with Gasteiger partial charge in [-0.3, -0.25) is 4.79 Å². The minimum absolute atomic E-state index is 0.0410. The molecule has 4 rings (SSSR count). The van der Waals surface area contributed by atoms with Gasteiger partial charge in [-0.05, 0) is 60.0 Å². The highest BCUT2D eigenvalue weighted by Gasteiger charge is 2.44. The van der Waals surface area contributed by atoms with Gasteiger partial charge in [-0.2, -0.15) is 0 Å². The van der Waals surface area contributed by atoms with Crippen LogP contribution < -0.4 is 4.74 Å². The molecule has 3 aromatic rings. The zero-order chi connectivity index (χ0) is 30.6. The van der Waals surface area contributed by atoms with E-state index in [1.54, 1.807) is 6.92 Å². The summed E-state index contributed by atoms with van der Waals surface area (Å²) in [5.41, 5.74) is 1.20. The quantitative estimate of drug-likeness (QED) is 0.108. The molecule has 3 atom stereocenters. The van der Waals surface area contributed by atoms with E-state index in [0.29, 0.717) is 16.7 Å². The summed E-state index contributed by atoms with van der Waals surface area (Å²) in [6.45, 7) is 1.66. The van der Waals surface area contributed by atoms with Gasteiger partial charge in [-0.15, -0.1) is 0 Å². The number of phenolic OH excluding ortho intramolecular Hbond substituents is 5. The molecule has 12 heteroatoms. The lowest BCUT2D eigenvalue weighted by Crippen LogP contribution is -2.30. The number of rotatable bonds is 9. The van der Waals surface area contributed by atoms with Gasteiger partial charge in [0.25, 0.3) is 0 Å². The van der Waals surface area contributed by atoms with E-state index in [0.717, 1.165) is 13.2 Å². The highest BCUT2D eigenvalue weighted by atomic mass is 16.6. The van der Waals surface area contributed by atoms with Crippen molar-refractivity contribution in [3.8, 4) is 34.5 Å². The number of carbonyl (C=O) groups excluding carboxylic acids is 3. The second-order valence-electron chi connectivity index (χ2n) is 9.24. The summed E-state index contributed by atoms with van der Waals surface area (Å²) >= 11 is 0. The van der Waals surface area contributed by atoms with Gasteiger partial charge < -0.3 is 44.5 Å². The van der Waals surface area contributed by atoms with Crippen LogP contribution in [0.15, 0.2) is 54.6 Å². The van der Waals surface area contributed by atoms with Gasteiger partial charge in [-0.25, -0.2) is 9.59 Å². The molecule has 12 nitrogen and oxygen atoms in total. The van der Waals surface area contributed by atoms with Crippen molar-refractivity contribution in [2.45, 2.75) is 31.5 Å². The van der Waals surface area contributed by atoms with Crippen molar-refractivity contribution in [3.63, 3.8) is 0 Å². The molecule has 1 heterocycles. The van der Waals surface area contributed by atoms with Gasteiger partial charge in [0.15, 0.2) is 34.5 Å². The Labute approximate surface area is 239 Å². The van der Waals surface area contributed by atoms with Crippen LogP contribution in [0, 0.1) is 0 Å². The Morgan fingerprint density at radius 3 is 2.21 bits per heavy atom. The van der Waals surface area contributed by atoms with Crippen molar-refractivity contribution in [2.24, 2.45) is 0 Å². The van der Waals surface area contributed by atoms with Crippen molar-refractivity contribution in [1.82, 2.24) is 0 Å². The molecule has 5 N–H and O–H groups in total. The molecule has 3 aromatic carbocycles. The van der Waals surface area contributed by atoms with Crippen LogP contribution >= 0.6 is 0 Å². The lowest BCUT2D eigenvalue weighted by Gasteiger charge is -2.19. The maximum Gasteiger partial charge on any atom is 0.347 e. The van der Waals surface area contributed by atoms with Gasteiger partial charge >= 0.3 is 17.9 Å². The zero-order valence-corrected chi connectivity index (χ0v) is 22.5. The first-order valence-electron chi connectivity index (χ1n) is 12.7. The van der Waals surface area contributed by atoms with Crippen LogP contribution in [0.5, 0.6) is 34.5 Å². The number of methoxy groups -OCH3 is 1. The number of fused-ring (bicyclic) bond motifs is 1. The zero-order valence-electron chi connectivity index (χ0n) is 22.5. The summed E-state index contributed by atoms with van der Waals surface area (Å²) in [7, 11) is 1.12. The van der Waals surface area contributed by atoms with Crippen molar-refractivity contribution < 1.29 is 58.9 Å². The lowest BCUT2D eigenvalue weighted by molar-refractivity contribution is -0.162. The van der Waals surface area contributed by atoms with Crippen molar-refractivity contribution in [1.29, 1.82) is 0 Å². The number of phenols is 5. The van der Waals surface area contributed by atoms with Gasteiger partial charge in [0.1, 0.15) is 12.0 Å². The third-order valence-corrected chi connectivity index (χ3v) is 6.52. The minimum atomic E-state index is -1.39. The number of hydrogen-bond acceptors (Lipinski definition) is 12. The van der Waals surface area contributed by atoms with E-state index in [-0.39, 0.29) is 41.6 Å². The maximum absolute atomic E-state index is 13.1. The van der Waals surface area contributed by atoms with Crippen molar-refractivity contribution in [3.05, 3.63) is 76.9 Å². The molecule has 0 bridgehead atoms. The third-order valence-electron chi connectivity index (χ3n) is 6.52. The topological polar surface area (TPSA) is 189 Å². The normalized spacial score (nSPS) is 16.3. The predicted octanol–water partition coefficient (Wildman–Crippen LogP) is 3.34. The standard InChI is InChI=1S/C30H28O12/c1-3-40-30(38)26-25-16(5-10-20(33)28(25)42-27(26)17-6-9-19(32)22(35)14-17)7-11-24(36)41-23(29(37)39-2)13-15-4-8-18(31)21(34)12-15/h4-12,14,23,26-27,31-35H,3,13H2,1-2H3/b11-7+/t23-,26+,27-/m1/s1. The summed E-state index contributed by atoms with van der Waals surface area (Å²) < 4.78 is 21.2. The predicted molar refractivity (Wildman–Crippen MR) is 145 cm³/mol. The Morgan fingerprint density at radius 1 is 0.905 bits per heavy atom. The van der Waals surface area contributed by atoms with E-state index in [1.807, 2.05) is 0 Å². The molecule has 0 aliphatic carbocycles. The Balaban J connectivity index is 1.63. The van der Waals surface area contributed by atoms with Gasteiger partial charge in [0, 0.05) is 18.1 Å². The summed E-state index contributed by atoms with van der Waals surface area (Å²) in [6, 6.07) is 10.5. The fourth-order valence-corrected chi connectivity index (χ4v) is 4.54. The van der Waals surface area contributed by atoms with Crippen molar-refractivity contribution >= 4 is 24.0 Å². The second kappa shape index (κ2) is 12.4. The van der Waals surface area contributed by atoms with E-state index in [2.05, 4.69) is 0 Å². The molecule has 0 unspecified atom stereocenters. The molecular formula is C30H28O12. The van der Waals surface area contributed by atoms with Crippen LogP contribution in [-0.4, -0.2) is 63.3 Å². The number of esters is 3. The molecule has 0 saturated carbocycles. The molecule has 0 aromatic heterocycles. The Hall–Kier alpha value is -5.39. The van der Waals surface area contributed by atoms with Gasteiger partial charge in [0.05, 0.1) is 13.7 Å². The fourth-order valence-electron chi connectivity index (χ4n) is 4.54. The number of benzene rings is 3. The molecule has 1 aliphatic heterocycles. The van der Waals surface area contributed by atoms with Crippen molar-refractivity contribution in [2.75, 3.05) is 13.7 Å². The minimum Gasteiger partial charge on any atom is -0.504 e. The van der Waals surface area contributed by atoms with Gasteiger partial charge in [0.2, 0.25) is 6.10 Å². The second-order valence-corrected chi connectivity index (χ2v) is 9.24. The number of carbonyl (C=O) groups is 3. The van der Waals surface area contributed by atoms with Crippen LogP contribution in [0.2, 0.25) is 0 Å². The SMILES string of the molecule is CCOC(=O)[C@H]1c2c(/C=C/C(=O)O[C@H](Cc3ccc(O)c(O)c3)C(=O)OC)ccc(O)c2O[C@@H]1c1ccc(O)c(O)c1. The summed E-state index contributed by atoms with van der Waals surface area (Å²) in [4.78, 5) is 38.2. The molecule has 0 spiro atoms. The van der Waals surface area contributed by atoms with E-state index in [1.165, 1.54) is 54.6 Å². The average Bonchev–Trinajstić information content (AvgIpc) is 3.37. The highest BCUT2D eigenvalue weighted by Crippen LogP contribution is 2.53. The molecule has 0 radical (unpaired) electrons. The van der Waals surface area contributed by atoms with Crippen LogP contribution in [0.25, 0.3) is 6.08 Å². The number of ether oxygens (including phenoxy) is 4. The maximum atomic E-state index is 13.1. The summed E-state index contributed by atoms with van der Waals surface area (Å²) in [6.07, 6.45) is -0.270. The number of hydrogen-bond donors (Lipinski definition) is 5. The number of aromatic hydroxyl groups is 5. The molecule has 0 amide bonds. The first kappa shape index (κ1) is 29.6. The van der Waals surface area contributed by atoms with Crippen LogP contribution in [0.3, 0.4) is 0 Å². The fraction of sp³-hybridized carbons (Fsp3) is 0.233. The molecule has 0 saturated heterocycles. The van der Waals surface area contributed by atoms with Crippen LogP contribution in [0.4, 0.5) is 0 Å². The average molecular weight is 581 g/mol. The lowest BCUT2D eigenvalue weighted by atomic mass is 9.87. The third kappa shape index (κ3) is 6.17. The Bertz CT molecular complexity index is 1540. The van der Waals surface area contributed by atoms with E-state index < -0.39 is 47.5 Å². The molecule has 1 aliphatic rings. The summed E-state index contributed by atoms with van der Waals surface area (Å²) in [5, 5.41) is 49.5. The Kier molecular flexibility index (Phi) is 8.75. The first-order valence-corrected chi connectivity index (χ1v) is 12.7. The largest absolute Gasteiger partial charge is 0.504 e. The molecule has 220 valence electrons. The van der Waals surface area contributed by atoms with Gasteiger partial charge in [-0.1, -0.05) is 18.2 Å². The Morgan fingerprint density at radius 2 is 1.57 bits per heavy atom.